The maximum Gasteiger partial charge on any atom is 0.233 e. The van der Waals surface area contributed by atoms with Crippen molar-refractivity contribution in [1.29, 1.82) is 0 Å². The second-order valence-corrected chi connectivity index (χ2v) is 7.86. The lowest BCUT2D eigenvalue weighted by Crippen LogP contribution is -2.50. The molecule has 0 saturated heterocycles. The molecule has 2 fully saturated rings. The molecule has 0 unspecified atom stereocenters. The van der Waals surface area contributed by atoms with Gasteiger partial charge >= 0.3 is 0 Å². The summed E-state index contributed by atoms with van der Waals surface area (Å²) < 4.78 is 13.3. The van der Waals surface area contributed by atoms with Crippen LogP contribution in [0, 0.1) is 11.3 Å². The summed E-state index contributed by atoms with van der Waals surface area (Å²) in [7, 11) is 0. The van der Waals surface area contributed by atoms with Crippen LogP contribution in [0.2, 0.25) is 0 Å². The van der Waals surface area contributed by atoms with E-state index in [1.165, 1.54) is 18.4 Å². The molecule has 4 rings (SSSR count). The zero-order valence-corrected chi connectivity index (χ0v) is 15.0. The first-order valence-corrected chi connectivity index (χ1v) is 9.31. The Kier molecular flexibility index (Phi) is 4.01. The molecule has 2 aliphatic carbocycles. The molecule has 0 N–H and O–H groups in total. The van der Waals surface area contributed by atoms with Gasteiger partial charge in [0.1, 0.15) is 6.17 Å². The van der Waals surface area contributed by atoms with Crippen LogP contribution in [0.4, 0.5) is 10.1 Å². The van der Waals surface area contributed by atoms with Crippen molar-refractivity contribution in [2.45, 2.75) is 45.7 Å². The Morgan fingerprint density at radius 1 is 1.36 bits per heavy atom. The summed E-state index contributed by atoms with van der Waals surface area (Å²) in [5, 5.41) is 0. The third-order valence-electron chi connectivity index (χ3n) is 5.73. The highest BCUT2D eigenvalue weighted by atomic mass is 19.1. The molecule has 1 aromatic carbocycles. The van der Waals surface area contributed by atoms with E-state index >= 15 is 0 Å². The first-order chi connectivity index (χ1) is 12.0. The van der Waals surface area contributed by atoms with Crippen molar-refractivity contribution in [3.05, 3.63) is 41.5 Å². The van der Waals surface area contributed by atoms with Gasteiger partial charge in [-0.15, -0.1) is 0 Å². The summed E-state index contributed by atoms with van der Waals surface area (Å²) in [6.07, 6.45) is 4.64. The number of anilines is 1. The van der Waals surface area contributed by atoms with Crippen molar-refractivity contribution in [1.82, 2.24) is 0 Å². The second-order valence-electron chi connectivity index (χ2n) is 7.86. The van der Waals surface area contributed by atoms with Gasteiger partial charge in [0.05, 0.1) is 17.7 Å². The molecule has 2 saturated carbocycles. The van der Waals surface area contributed by atoms with Crippen LogP contribution in [0.5, 0.6) is 0 Å². The summed E-state index contributed by atoms with van der Waals surface area (Å²) in [5.41, 5.74) is 3.84. The maximum atomic E-state index is 13.3. The quantitative estimate of drug-likeness (QED) is 0.786. The van der Waals surface area contributed by atoms with Crippen LogP contribution in [0.3, 0.4) is 0 Å². The number of benzene rings is 1. The fourth-order valence-electron chi connectivity index (χ4n) is 4.01. The zero-order chi connectivity index (χ0) is 17.6. The average molecular weight is 340 g/mol. The van der Waals surface area contributed by atoms with E-state index in [9.17, 15) is 9.18 Å². The Morgan fingerprint density at radius 3 is 2.76 bits per heavy atom. The number of hydrogen-bond donors (Lipinski definition) is 0. The Hall–Kier alpha value is -1.97. The number of amides is 1. The Morgan fingerprint density at radius 2 is 2.12 bits per heavy atom. The van der Waals surface area contributed by atoms with Gasteiger partial charge in [-0.1, -0.05) is 19.1 Å². The van der Waals surface area contributed by atoms with Crippen molar-refractivity contribution >= 4 is 17.3 Å². The fourth-order valence-corrected chi connectivity index (χ4v) is 4.01. The lowest BCUT2D eigenvalue weighted by molar-refractivity contribution is -0.135. The summed E-state index contributed by atoms with van der Waals surface area (Å²) in [5.74, 6) is 0.772. The SMILES string of the molecule is CCN(C(=O)C1(C)CC(F)C1)c1cccc(C2=NCC(C3CC3)=C2)c1. The summed E-state index contributed by atoms with van der Waals surface area (Å²) in [4.78, 5) is 19.4. The number of alkyl halides is 1. The highest BCUT2D eigenvalue weighted by molar-refractivity contribution is 6.11. The lowest BCUT2D eigenvalue weighted by Gasteiger charge is -2.42. The van der Waals surface area contributed by atoms with E-state index in [4.69, 9.17) is 0 Å². The summed E-state index contributed by atoms with van der Waals surface area (Å²) >= 11 is 0. The van der Waals surface area contributed by atoms with Crippen LogP contribution >= 0.6 is 0 Å². The number of nitrogens with zero attached hydrogens (tertiary/aromatic N) is 2. The highest BCUT2D eigenvalue weighted by Crippen LogP contribution is 2.44. The minimum absolute atomic E-state index is 0.0311. The van der Waals surface area contributed by atoms with E-state index in [2.05, 4.69) is 17.1 Å². The molecule has 1 amide bonds. The smallest absolute Gasteiger partial charge is 0.233 e. The molecule has 0 bridgehead atoms. The number of aliphatic imine (C=N–C) groups is 1. The largest absolute Gasteiger partial charge is 0.312 e. The molecule has 132 valence electrons. The van der Waals surface area contributed by atoms with Crippen LogP contribution in [-0.4, -0.2) is 30.9 Å². The van der Waals surface area contributed by atoms with Gasteiger partial charge < -0.3 is 4.90 Å². The van der Waals surface area contributed by atoms with Crippen molar-refractivity contribution in [2.24, 2.45) is 16.3 Å². The van der Waals surface area contributed by atoms with Gasteiger partial charge in [-0.2, -0.15) is 0 Å². The Bertz CT molecular complexity index is 757. The third-order valence-corrected chi connectivity index (χ3v) is 5.73. The molecule has 0 radical (unpaired) electrons. The summed E-state index contributed by atoms with van der Waals surface area (Å²) in [6, 6.07) is 8.03. The predicted octanol–water partition coefficient (Wildman–Crippen LogP) is 4.32. The molecule has 25 heavy (non-hydrogen) atoms. The highest BCUT2D eigenvalue weighted by Gasteiger charge is 2.48. The number of hydrogen-bond acceptors (Lipinski definition) is 2. The van der Waals surface area contributed by atoms with E-state index < -0.39 is 11.6 Å². The molecule has 3 aliphatic rings. The van der Waals surface area contributed by atoms with Crippen LogP contribution in [0.25, 0.3) is 0 Å². The van der Waals surface area contributed by atoms with Gasteiger partial charge in [-0.05, 0) is 62.3 Å². The summed E-state index contributed by atoms with van der Waals surface area (Å²) in [6.45, 7) is 5.25. The van der Waals surface area contributed by atoms with Crippen LogP contribution < -0.4 is 4.90 Å². The van der Waals surface area contributed by atoms with Crippen molar-refractivity contribution in [2.75, 3.05) is 18.0 Å². The van der Waals surface area contributed by atoms with E-state index in [1.807, 2.05) is 32.0 Å². The molecule has 4 heteroatoms. The predicted molar refractivity (Wildman–Crippen MR) is 98.9 cm³/mol. The number of halogens is 1. The molecule has 1 aliphatic heterocycles. The first-order valence-electron chi connectivity index (χ1n) is 9.31. The Balaban J connectivity index is 1.57. The van der Waals surface area contributed by atoms with Crippen LogP contribution in [-0.2, 0) is 4.79 Å². The number of allylic oxidation sites excluding steroid dienone is 1. The molecule has 0 aromatic heterocycles. The van der Waals surface area contributed by atoms with E-state index in [0.717, 1.165) is 29.4 Å². The molecule has 1 heterocycles. The first kappa shape index (κ1) is 16.5. The molecule has 3 nitrogen and oxygen atoms in total. The van der Waals surface area contributed by atoms with Gasteiger partial charge in [-0.25, -0.2) is 4.39 Å². The normalized spacial score (nSPS) is 28.2. The minimum atomic E-state index is -0.835. The van der Waals surface area contributed by atoms with E-state index in [-0.39, 0.29) is 5.91 Å². The molecular formula is C21H25FN2O. The number of carbonyl (C=O) groups is 1. The fraction of sp³-hybridized carbons (Fsp3) is 0.524. The van der Waals surface area contributed by atoms with Crippen molar-refractivity contribution in [3.63, 3.8) is 0 Å². The monoisotopic (exact) mass is 340 g/mol. The molecule has 0 atom stereocenters. The van der Waals surface area contributed by atoms with Gasteiger partial charge in [-0.3, -0.25) is 9.79 Å². The molecule has 0 spiro atoms. The minimum Gasteiger partial charge on any atom is -0.312 e. The standard InChI is InChI=1S/C21H25FN2O/c1-3-24(20(25)21(2)11-17(22)12-21)18-6-4-5-15(9-18)19-10-16(13-23-19)14-7-8-14/h4-6,9-10,14,17H,3,7-8,11-13H2,1-2H3. The zero-order valence-electron chi connectivity index (χ0n) is 15.0. The van der Waals surface area contributed by atoms with Crippen molar-refractivity contribution in [3.8, 4) is 0 Å². The number of carbonyl (C=O) groups excluding carboxylic acids is 1. The van der Waals surface area contributed by atoms with Crippen molar-refractivity contribution < 1.29 is 9.18 Å². The van der Waals surface area contributed by atoms with Crippen LogP contribution in [0.15, 0.2) is 40.9 Å². The Labute approximate surface area is 148 Å². The van der Waals surface area contributed by atoms with Gasteiger partial charge in [0, 0.05) is 17.8 Å². The third kappa shape index (κ3) is 3.03. The van der Waals surface area contributed by atoms with Gasteiger partial charge in [0.15, 0.2) is 0 Å². The maximum absolute atomic E-state index is 13.3. The average Bonchev–Trinajstić information content (AvgIpc) is 3.31. The number of rotatable bonds is 5. The van der Waals surface area contributed by atoms with Gasteiger partial charge in [0.25, 0.3) is 0 Å². The van der Waals surface area contributed by atoms with E-state index in [1.54, 1.807) is 4.90 Å². The topological polar surface area (TPSA) is 32.7 Å². The lowest BCUT2D eigenvalue weighted by atomic mass is 9.68. The van der Waals surface area contributed by atoms with Gasteiger partial charge in [0.2, 0.25) is 5.91 Å². The van der Waals surface area contributed by atoms with Crippen LogP contribution in [0.1, 0.15) is 45.1 Å². The second kappa shape index (κ2) is 6.08. The molecule has 1 aromatic rings. The van der Waals surface area contributed by atoms with E-state index in [0.29, 0.717) is 19.4 Å². The molecular weight excluding hydrogens is 315 g/mol.